The van der Waals surface area contributed by atoms with Gasteiger partial charge in [-0.3, -0.25) is 14.5 Å². The number of nitrogens with zero attached hydrogens (tertiary/aromatic N) is 1. The number of aromatic amines is 1. The molecule has 2 aliphatic rings. The van der Waals surface area contributed by atoms with E-state index in [-0.39, 0.29) is 23.0 Å². The van der Waals surface area contributed by atoms with Crippen LogP contribution in [-0.4, -0.2) is 54.2 Å². The summed E-state index contributed by atoms with van der Waals surface area (Å²) < 4.78 is 5.52. The Hall–Kier alpha value is -1.37. The van der Waals surface area contributed by atoms with Crippen LogP contribution < -0.4 is 10.9 Å². The molecule has 2 atom stereocenters. The molecule has 3 rings (SSSR count). The van der Waals surface area contributed by atoms with Crippen molar-refractivity contribution in [1.82, 2.24) is 15.2 Å². The number of H-pyrrole nitrogens is 1. The van der Waals surface area contributed by atoms with Gasteiger partial charge in [-0.2, -0.15) is 0 Å². The number of carbonyl (C=O) groups is 1. The first-order valence-corrected chi connectivity index (χ1v) is 7.54. The molecule has 114 valence electrons. The van der Waals surface area contributed by atoms with E-state index in [0.717, 1.165) is 13.1 Å². The second-order valence-electron chi connectivity index (χ2n) is 5.49. The zero-order chi connectivity index (χ0) is 14.8. The molecule has 1 aromatic rings. The van der Waals surface area contributed by atoms with Gasteiger partial charge in [0.05, 0.1) is 30.9 Å². The Morgan fingerprint density at radius 3 is 2.86 bits per heavy atom. The van der Waals surface area contributed by atoms with E-state index >= 15 is 0 Å². The van der Waals surface area contributed by atoms with E-state index in [9.17, 15) is 9.59 Å². The standard InChI is InChI=1S/C14H18ClN3O3/c15-10-5-9(6-16-14(10)20)13(19)17-11-7-21-8-12(11)18-3-1-2-4-18/h5-6,11-12H,1-4,7-8H2,(H,16,20)(H,17,19)/t11-,12-/m0/s1. The lowest BCUT2D eigenvalue weighted by molar-refractivity contribution is 0.0916. The molecule has 0 saturated carbocycles. The van der Waals surface area contributed by atoms with Gasteiger partial charge in [0.25, 0.3) is 11.5 Å². The molecular weight excluding hydrogens is 294 g/mol. The van der Waals surface area contributed by atoms with E-state index in [0.29, 0.717) is 18.8 Å². The Balaban J connectivity index is 1.68. The maximum absolute atomic E-state index is 12.3. The predicted molar refractivity (Wildman–Crippen MR) is 78.7 cm³/mol. The summed E-state index contributed by atoms with van der Waals surface area (Å²) in [6, 6.07) is 1.59. The second kappa shape index (κ2) is 6.17. The fourth-order valence-corrected chi connectivity index (χ4v) is 3.12. The lowest BCUT2D eigenvalue weighted by atomic mass is 10.1. The lowest BCUT2D eigenvalue weighted by Crippen LogP contribution is -2.50. The van der Waals surface area contributed by atoms with Gasteiger partial charge in [-0.1, -0.05) is 11.6 Å². The molecule has 1 amide bonds. The van der Waals surface area contributed by atoms with Crippen LogP contribution in [0.2, 0.25) is 5.02 Å². The molecule has 3 heterocycles. The van der Waals surface area contributed by atoms with Crippen molar-refractivity contribution < 1.29 is 9.53 Å². The molecule has 2 saturated heterocycles. The number of aromatic nitrogens is 1. The van der Waals surface area contributed by atoms with Crippen LogP contribution in [0.4, 0.5) is 0 Å². The Morgan fingerprint density at radius 1 is 1.38 bits per heavy atom. The highest BCUT2D eigenvalue weighted by Crippen LogP contribution is 2.19. The first kappa shape index (κ1) is 14.6. The number of carbonyl (C=O) groups excluding carboxylic acids is 1. The number of rotatable bonds is 3. The Morgan fingerprint density at radius 2 is 2.14 bits per heavy atom. The van der Waals surface area contributed by atoms with Gasteiger partial charge in [0, 0.05) is 6.20 Å². The van der Waals surface area contributed by atoms with Crippen molar-refractivity contribution in [3.63, 3.8) is 0 Å². The third-order valence-electron chi connectivity index (χ3n) is 4.10. The minimum atomic E-state index is -0.396. The Bertz CT molecular complexity index is 583. The Labute approximate surface area is 127 Å². The van der Waals surface area contributed by atoms with E-state index in [1.165, 1.54) is 25.1 Å². The van der Waals surface area contributed by atoms with E-state index in [2.05, 4.69) is 15.2 Å². The van der Waals surface area contributed by atoms with Crippen LogP contribution in [0, 0.1) is 0 Å². The van der Waals surface area contributed by atoms with Crippen LogP contribution in [-0.2, 0) is 4.74 Å². The zero-order valence-electron chi connectivity index (χ0n) is 11.6. The highest BCUT2D eigenvalue weighted by molar-refractivity contribution is 6.30. The quantitative estimate of drug-likeness (QED) is 0.858. The molecule has 0 aliphatic carbocycles. The summed E-state index contributed by atoms with van der Waals surface area (Å²) in [5.74, 6) is -0.243. The number of hydrogen-bond donors (Lipinski definition) is 2. The third-order valence-corrected chi connectivity index (χ3v) is 4.38. The molecule has 2 fully saturated rings. The Kier molecular flexibility index (Phi) is 4.28. The highest BCUT2D eigenvalue weighted by Gasteiger charge is 2.35. The van der Waals surface area contributed by atoms with Crippen LogP contribution >= 0.6 is 11.6 Å². The minimum Gasteiger partial charge on any atom is -0.378 e. The van der Waals surface area contributed by atoms with Crippen molar-refractivity contribution in [2.75, 3.05) is 26.3 Å². The van der Waals surface area contributed by atoms with Gasteiger partial charge in [-0.25, -0.2) is 0 Å². The number of halogens is 1. The zero-order valence-corrected chi connectivity index (χ0v) is 12.4. The topological polar surface area (TPSA) is 74.4 Å². The van der Waals surface area contributed by atoms with E-state index in [1.807, 2.05) is 0 Å². The maximum atomic E-state index is 12.3. The fraction of sp³-hybridized carbons (Fsp3) is 0.571. The minimum absolute atomic E-state index is 0.0152. The maximum Gasteiger partial charge on any atom is 0.266 e. The predicted octanol–water partition coefficient (Wildman–Crippen LogP) is 0.621. The van der Waals surface area contributed by atoms with E-state index in [4.69, 9.17) is 16.3 Å². The van der Waals surface area contributed by atoms with Crippen LogP contribution in [0.15, 0.2) is 17.1 Å². The molecule has 7 heteroatoms. The molecule has 0 spiro atoms. The van der Waals surface area contributed by atoms with Crippen LogP contribution in [0.5, 0.6) is 0 Å². The molecular formula is C14H18ClN3O3. The molecule has 0 bridgehead atoms. The summed E-state index contributed by atoms with van der Waals surface area (Å²) in [5.41, 5.74) is -0.0426. The highest BCUT2D eigenvalue weighted by atomic mass is 35.5. The summed E-state index contributed by atoms with van der Waals surface area (Å²) in [5, 5.41) is 3.00. The third kappa shape index (κ3) is 3.12. The van der Waals surface area contributed by atoms with Gasteiger partial charge >= 0.3 is 0 Å². The first-order valence-electron chi connectivity index (χ1n) is 7.16. The van der Waals surface area contributed by atoms with Crippen molar-refractivity contribution in [1.29, 1.82) is 0 Å². The molecule has 0 aromatic carbocycles. The molecule has 0 unspecified atom stereocenters. The van der Waals surface area contributed by atoms with Crippen LogP contribution in [0.3, 0.4) is 0 Å². The average molecular weight is 312 g/mol. The van der Waals surface area contributed by atoms with Gasteiger partial charge in [0.15, 0.2) is 0 Å². The van der Waals surface area contributed by atoms with Crippen molar-refractivity contribution in [2.24, 2.45) is 0 Å². The first-order chi connectivity index (χ1) is 10.1. The van der Waals surface area contributed by atoms with Gasteiger partial charge in [-0.05, 0) is 32.0 Å². The smallest absolute Gasteiger partial charge is 0.266 e. The largest absolute Gasteiger partial charge is 0.378 e. The molecule has 1 aromatic heterocycles. The number of hydrogen-bond acceptors (Lipinski definition) is 4. The molecule has 0 radical (unpaired) electrons. The number of amides is 1. The fourth-order valence-electron chi connectivity index (χ4n) is 2.95. The van der Waals surface area contributed by atoms with E-state index in [1.54, 1.807) is 0 Å². The summed E-state index contributed by atoms with van der Waals surface area (Å²) in [4.78, 5) is 28.3. The van der Waals surface area contributed by atoms with Crippen molar-refractivity contribution in [2.45, 2.75) is 24.9 Å². The summed E-state index contributed by atoms with van der Waals surface area (Å²) in [6.45, 7) is 3.29. The normalized spacial score (nSPS) is 26.1. The number of pyridine rings is 1. The SMILES string of the molecule is O=C(N[C@H]1COC[C@@H]1N1CCCC1)c1c[nH]c(=O)c(Cl)c1. The number of nitrogens with one attached hydrogen (secondary N) is 2. The lowest BCUT2D eigenvalue weighted by Gasteiger charge is -2.27. The van der Waals surface area contributed by atoms with Crippen LogP contribution in [0.25, 0.3) is 0 Å². The van der Waals surface area contributed by atoms with Crippen molar-refractivity contribution >= 4 is 17.5 Å². The van der Waals surface area contributed by atoms with Crippen LogP contribution in [0.1, 0.15) is 23.2 Å². The summed E-state index contributed by atoms with van der Waals surface area (Å²) in [7, 11) is 0. The van der Waals surface area contributed by atoms with Gasteiger partial charge in [0.1, 0.15) is 5.02 Å². The molecule has 6 nitrogen and oxygen atoms in total. The molecule has 2 aliphatic heterocycles. The van der Waals surface area contributed by atoms with Gasteiger partial charge in [-0.15, -0.1) is 0 Å². The number of likely N-dealkylation sites (tertiary alicyclic amines) is 1. The summed E-state index contributed by atoms with van der Waals surface area (Å²) >= 11 is 5.75. The van der Waals surface area contributed by atoms with Crippen molar-refractivity contribution in [3.05, 3.63) is 33.2 Å². The molecule has 2 N–H and O–H groups in total. The summed E-state index contributed by atoms with van der Waals surface area (Å²) in [6.07, 6.45) is 3.78. The number of ether oxygens (including phenoxy) is 1. The van der Waals surface area contributed by atoms with Gasteiger partial charge in [0.2, 0.25) is 0 Å². The molecule has 21 heavy (non-hydrogen) atoms. The van der Waals surface area contributed by atoms with Gasteiger partial charge < -0.3 is 15.0 Å². The van der Waals surface area contributed by atoms with Crippen molar-refractivity contribution in [3.8, 4) is 0 Å². The van der Waals surface area contributed by atoms with E-state index < -0.39 is 5.56 Å². The second-order valence-corrected chi connectivity index (χ2v) is 5.90. The monoisotopic (exact) mass is 311 g/mol. The average Bonchev–Trinajstić information content (AvgIpc) is 3.12.